The van der Waals surface area contributed by atoms with Crippen LogP contribution in [0.3, 0.4) is 0 Å². The van der Waals surface area contributed by atoms with Gasteiger partial charge in [0.15, 0.2) is 11.0 Å². The van der Waals surface area contributed by atoms with E-state index in [2.05, 4.69) is 15.5 Å². The van der Waals surface area contributed by atoms with Crippen molar-refractivity contribution in [3.05, 3.63) is 17.5 Å². The molecule has 1 aliphatic rings. The van der Waals surface area contributed by atoms with Crippen LogP contribution in [0, 0.1) is 0 Å². The highest BCUT2D eigenvalue weighted by Gasteiger charge is 2.26. The van der Waals surface area contributed by atoms with Gasteiger partial charge in [-0.1, -0.05) is 17.8 Å². The lowest BCUT2D eigenvalue weighted by molar-refractivity contribution is -0.124. The Morgan fingerprint density at radius 2 is 2.36 bits per heavy atom. The van der Waals surface area contributed by atoms with Crippen LogP contribution in [-0.4, -0.2) is 50.4 Å². The van der Waals surface area contributed by atoms with Crippen LogP contribution in [0.2, 0.25) is 0 Å². The van der Waals surface area contributed by atoms with Crippen LogP contribution in [0.1, 0.15) is 6.92 Å². The number of carbonyl (C=O) groups excluding carboxylic acids is 2. The molecule has 3 heterocycles. The molecule has 1 saturated heterocycles. The van der Waals surface area contributed by atoms with Crippen molar-refractivity contribution in [3.63, 3.8) is 0 Å². The molecule has 0 spiro atoms. The van der Waals surface area contributed by atoms with E-state index in [1.807, 2.05) is 29.0 Å². The van der Waals surface area contributed by atoms with Gasteiger partial charge in [-0.25, -0.2) is 4.79 Å². The Balaban J connectivity index is 1.70. The summed E-state index contributed by atoms with van der Waals surface area (Å²) in [6.45, 7) is 3.68. The van der Waals surface area contributed by atoms with Gasteiger partial charge < -0.3 is 9.88 Å². The molecule has 3 amide bonds. The number of rotatable bonds is 5. The molecule has 1 aliphatic heterocycles. The number of carbonyl (C=O) groups is 2. The van der Waals surface area contributed by atoms with Crippen molar-refractivity contribution >= 4 is 35.0 Å². The highest BCUT2D eigenvalue weighted by atomic mass is 32.2. The first-order valence-corrected chi connectivity index (χ1v) is 8.75. The molecule has 0 atom stereocenters. The molecule has 0 unspecified atom stereocenters. The molecule has 0 bridgehead atoms. The summed E-state index contributed by atoms with van der Waals surface area (Å²) in [5.41, 5.74) is 0. The molecular formula is C13H15N5O2S2. The number of hydrogen-bond donors (Lipinski definition) is 1. The Morgan fingerprint density at radius 3 is 3.00 bits per heavy atom. The first-order valence-electron chi connectivity index (χ1n) is 6.88. The first-order chi connectivity index (χ1) is 10.7. The summed E-state index contributed by atoms with van der Waals surface area (Å²) in [6.07, 6.45) is 0. The van der Waals surface area contributed by atoms with Crippen LogP contribution in [0.25, 0.3) is 10.7 Å². The number of nitrogens with zero attached hydrogens (tertiary/aromatic N) is 4. The van der Waals surface area contributed by atoms with Crippen molar-refractivity contribution < 1.29 is 9.59 Å². The van der Waals surface area contributed by atoms with Crippen molar-refractivity contribution in [1.29, 1.82) is 0 Å². The molecule has 2 aromatic heterocycles. The summed E-state index contributed by atoms with van der Waals surface area (Å²) >= 11 is 2.91. The van der Waals surface area contributed by atoms with Crippen LogP contribution < -0.4 is 5.32 Å². The fraction of sp³-hybridized carbons (Fsp3) is 0.385. The minimum absolute atomic E-state index is 0.177. The third-order valence-corrected chi connectivity index (χ3v) is 5.07. The number of urea groups is 1. The topological polar surface area (TPSA) is 80.1 Å². The van der Waals surface area contributed by atoms with Gasteiger partial charge >= 0.3 is 6.03 Å². The van der Waals surface area contributed by atoms with Gasteiger partial charge in [0.25, 0.3) is 0 Å². The van der Waals surface area contributed by atoms with E-state index < -0.39 is 0 Å². The molecule has 9 heteroatoms. The maximum Gasteiger partial charge on any atom is 0.324 e. The number of aromatic nitrogens is 3. The zero-order valence-corrected chi connectivity index (χ0v) is 13.6. The quantitative estimate of drug-likeness (QED) is 0.840. The van der Waals surface area contributed by atoms with E-state index in [9.17, 15) is 9.59 Å². The number of thioether (sulfide) groups is 1. The standard InChI is InChI=1S/C13H15N5O2S2/c1-2-17-11(9-4-3-7-21-9)15-16-13(17)22-8-10(19)18-6-5-14-12(18)20/h3-4,7H,2,5-6,8H2,1H3,(H,14,20). The minimum Gasteiger partial charge on any atom is -0.336 e. The average Bonchev–Trinajstić information content (AvgIpc) is 3.24. The van der Waals surface area contributed by atoms with E-state index in [0.717, 1.165) is 17.2 Å². The zero-order chi connectivity index (χ0) is 15.5. The molecule has 116 valence electrons. The number of nitrogens with one attached hydrogen (secondary N) is 1. The Hall–Kier alpha value is -1.87. The van der Waals surface area contributed by atoms with Crippen LogP contribution in [0.4, 0.5) is 4.79 Å². The Kier molecular flexibility index (Phi) is 4.44. The molecule has 0 saturated carbocycles. The molecule has 0 radical (unpaired) electrons. The summed E-state index contributed by atoms with van der Waals surface area (Å²) < 4.78 is 1.98. The van der Waals surface area contributed by atoms with E-state index in [0.29, 0.717) is 18.2 Å². The summed E-state index contributed by atoms with van der Waals surface area (Å²) in [5, 5.41) is 13.7. The summed E-state index contributed by atoms with van der Waals surface area (Å²) in [7, 11) is 0. The van der Waals surface area contributed by atoms with Gasteiger partial charge in [0, 0.05) is 19.6 Å². The number of imide groups is 1. The number of thiophene rings is 1. The van der Waals surface area contributed by atoms with Crippen molar-refractivity contribution in [2.24, 2.45) is 0 Å². The van der Waals surface area contributed by atoms with Gasteiger partial charge in [0.1, 0.15) is 0 Å². The molecular weight excluding hydrogens is 322 g/mol. The lowest BCUT2D eigenvalue weighted by atomic mass is 10.4. The van der Waals surface area contributed by atoms with Gasteiger partial charge in [0.05, 0.1) is 10.6 Å². The monoisotopic (exact) mass is 337 g/mol. The van der Waals surface area contributed by atoms with E-state index in [1.54, 1.807) is 11.3 Å². The fourth-order valence-electron chi connectivity index (χ4n) is 2.18. The molecule has 0 aromatic carbocycles. The second-order valence-corrected chi connectivity index (χ2v) is 6.48. The number of hydrogen-bond acceptors (Lipinski definition) is 6. The molecule has 1 N–H and O–H groups in total. The second-order valence-electron chi connectivity index (χ2n) is 4.59. The number of amides is 3. The van der Waals surface area contributed by atoms with Gasteiger partial charge in [-0.15, -0.1) is 21.5 Å². The molecule has 7 nitrogen and oxygen atoms in total. The third kappa shape index (κ3) is 2.86. The summed E-state index contributed by atoms with van der Waals surface area (Å²) in [5.74, 6) is 0.783. The predicted octanol–water partition coefficient (Wildman–Crippen LogP) is 1.67. The van der Waals surface area contributed by atoms with Crippen molar-refractivity contribution in [2.75, 3.05) is 18.8 Å². The Morgan fingerprint density at radius 1 is 1.50 bits per heavy atom. The lowest BCUT2D eigenvalue weighted by Gasteiger charge is -2.11. The Bertz CT molecular complexity index is 683. The van der Waals surface area contributed by atoms with E-state index in [-0.39, 0.29) is 17.7 Å². The van der Waals surface area contributed by atoms with Crippen LogP contribution in [0.5, 0.6) is 0 Å². The molecule has 22 heavy (non-hydrogen) atoms. The van der Waals surface area contributed by atoms with Crippen molar-refractivity contribution in [3.8, 4) is 10.7 Å². The Labute approximate surface area is 135 Å². The van der Waals surface area contributed by atoms with E-state index in [1.165, 1.54) is 16.7 Å². The zero-order valence-electron chi connectivity index (χ0n) is 12.0. The first kappa shape index (κ1) is 15.0. The average molecular weight is 337 g/mol. The van der Waals surface area contributed by atoms with Gasteiger partial charge in [-0.05, 0) is 18.4 Å². The highest BCUT2D eigenvalue weighted by Crippen LogP contribution is 2.27. The van der Waals surface area contributed by atoms with Crippen LogP contribution in [0.15, 0.2) is 22.7 Å². The highest BCUT2D eigenvalue weighted by molar-refractivity contribution is 7.99. The molecule has 2 aromatic rings. The van der Waals surface area contributed by atoms with Gasteiger partial charge in [-0.2, -0.15) is 0 Å². The second kappa shape index (κ2) is 6.49. The van der Waals surface area contributed by atoms with Crippen LogP contribution in [-0.2, 0) is 11.3 Å². The predicted molar refractivity (Wildman–Crippen MR) is 84.8 cm³/mol. The maximum atomic E-state index is 12.1. The lowest BCUT2D eigenvalue weighted by Crippen LogP contribution is -2.35. The minimum atomic E-state index is -0.318. The van der Waals surface area contributed by atoms with Crippen LogP contribution >= 0.6 is 23.1 Å². The van der Waals surface area contributed by atoms with Crippen molar-refractivity contribution in [1.82, 2.24) is 25.0 Å². The summed E-state index contributed by atoms with van der Waals surface area (Å²) in [6, 6.07) is 3.65. The van der Waals surface area contributed by atoms with E-state index >= 15 is 0 Å². The van der Waals surface area contributed by atoms with Gasteiger partial charge in [0.2, 0.25) is 5.91 Å². The summed E-state index contributed by atoms with van der Waals surface area (Å²) in [4.78, 5) is 25.8. The van der Waals surface area contributed by atoms with E-state index in [4.69, 9.17) is 0 Å². The largest absolute Gasteiger partial charge is 0.336 e. The maximum absolute atomic E-state index is 12.1. The third-order valence-electron chi connectivity index (χ3n) is 3.26. The molecule has 3 rings (SSSR count). The SMILES string of the molecule is CCn1c(SCC(=O)N2CCNC2=O)nnc1-c1cccs1. The molecule has 1 fully saturated rings. The van der Waals surface area contributed by atoms with Gasteiger partial charge in [-0.3, -0.25) is 9.69 Å². The fourth-order valence-corrected chi connectivity index (χ4v) is 3.78. The normalized spacial score (nSPS) is 14.4. The smallest absolute Gasteiger partial charge is 0.324 e. The molecule has 0 aliphatic carbocycles. The van der Waals surface area contributed by atoms with Crippen molar-refractivity contribution in [2.45, 2.75) is 18.6 Å².